The Hall–Kier alpha value is -5.49. The van der Waals surface area contributed by atoms with Gasteiger partial charge in [-0.15, -0.1) is 0 Å². The zero-order valence-corrected chi connectivity index (χ0v) is 22.9. The summed E-state index contributed by atoms with van der Waals surface area (Å²) in [6, 6.07) is 34.3. The minimum atomic E-state index is -1.47. The summed E-state index contributed by atoms with van der Waals surface area (Å²) in [5.41, 5.74) is 4.08. The van der Waals surface area contributed by atoms with Crippen LogP contribution in [-0.2, 0) is 16.0 Å². The van der Waals surface area contributed by atoms with E-state index in [0.717, 1.165) is 24.9 Å². The van der Waals surface area contributed by atoms with E-state index in [1.165, 1.54) is 44.6 Å². The number of nitrogens with one attached hydrogen (secondary N) is 2. The van der Waals surface area contributed by atoms with Crippen LogP contribution in [-0.4, -0.2) is 29.2 Å². The summed E-state index contributed by atoms with van der Waals surface area (Å²) < 4.78 is 0. The van der Waals surface area contributed by atoms with Crippen LogP contribution < -0.4 is 10.2 Å². The molecule has 42 heavy (non-hydrogen) atoms. The predicted molar refractivity (Wildman–Crippen MR) is 171 cm³/mol. The van der Waals surface area contributed by atoms with Gasteiger partial charge in [0.2, 0.25) is 0 Å². The molecule has 0 radical (unpaired) electrons. The molecule has 6 nitrogen and oxygen atoms in total. The number of hydrogen-bond acceptors (Lipinski definition) is 4. The van der Waals surface area contributed by atoms with Crippen molar-refractivity contribution in [2.24, 2.45) is 0 Å². The summed E-state index contributed by atoms with van der Waals surface area (Å²) >= 11 is 0. The lowest BCUT2D eigenvalue weighted by atomic mass is 9.95. The maximum absolute atomic E-state index is 12.8. The summed E-state index contributed by atoms with van der Waals surface area (Å²) in [6.45, 7) is 0.917. The van der Waals surface area contributed by atoms with E-state index in [9.17, 15) is 14.7 Å². The molecule has 0 fully saturated rings. The Morgan fingerprint density at radius 3 is 2.19 bits per heavy atom. The summed E-state index contributed by atoms with van der Waals surface area (Å²) in [4.78, 5) is 26.8. The van der Waals surface area contributed by atoms with Gasteiger partial charge in [0.1, 0.15) is 0 Å². The van der Waals surface area contributed by atoms with Crippen molar-refractivity contribution in [3.05, 3.63) is 132 Å². The van der Waals surface area contributed by atoms with E-state index < -0.39 is 17.6 Å². The number of carbonyl (C=O) groups is 2. The second-order valence-corrected chi connectivity index (χ2v) is 10.3. The van der Waals surface area contributed by atoms with Crippen LogP contribution in [0.5, 0.6) is 0 Å². The van der Waals surface area contributed by atoms with Gasteiger partial charge < -0.3 is 15.3 Å². The van der Waals surface area contributed by atoms with Crippen LogP contribution in [0.25, 0.3) is 27.6 Å². The lowest BCUT2D eigenvalue weighted by Gasteiger charge is -2.33. The standard InChI is InChI=1S/C36H29N3O3/c37-33(36(41)42)31(35(40)38-28-14-2-1-3-15-28)18-8-10-24-19-20-32-27(22-24)13-9-21-39(32)34-29-16-6-4-11-25(29)23-26-12-5-7-17-30(26)34/h1-8,10-12,14-20,22-23,37H,9,13,21H2,(H,38,40)(H,41,42)/b10-8+,31-18-,37-33?. The highest BCUT2D eigenvalue weighted by Gasteiger charge is 2.23. The molecule has 0 saturated heterocycles. The molecule has 0 bridgehead atoms. The van der Waals surface area contributed by atoms with Crippen molar-refractivity contribution in [1.29, 1.82) is 5.41 Å². The molecule has 1 amide bonds. The first kappa shape index (κ1) is 26.7. The number of allylic oxidation sites excluding steroid dienone is 2. The van der Waals surface area contributed by atoms with Gasteiger partial charge in [-0.05, 0) is 71.1 Å². The number of anilines is 3. The third kappa shape index (κ3) is 5.30. The topological polar surface area (TPSA) is 93.5 Å². The van der Waals surface area contributed by atoms with Crippen LogP contribution in [0.2, 0.25) is 0 Å². The summed E-state index contributed by atoms with van der Waals surface area (Å²) in [6.07, 6.45) is 6.79. The molecule has 1 aliphatic rings. The second kappa shape index (κ2) is 11.6. The van der Waals surface area contributed by atoms with Crippen LogP contribution in [0.15, 0.2) is 121 Å². The van der Waals surface area contributed by atoms with Gasteiger partial charge in [0.25, 0.3) is 5.91 Å². The number of hydrogen-bond donors (Lipinski definition) is 3. The molecule has 6 rings (SSSR count). The normalized spacial score (nSPS) is 13.3. The van der Waals surface area contributed by atoms with Gasteiger partial charge in [0, 0.05) is 28.7 Å². The average molecular weight is 552 g/mol. The van der Waals surface area contributed by atoms with Crippen molar-refractivity contribution in [3.63, 3.8) is 0 Å². The third-order valence-corrected chi connectivity index (χ3v) is 7.55. The highest BCUT2D eigenvalue weighted by molar-refractivity contribution is 6.48. The number of para-hydroxylation sites is 1. The third-order valence-electron chi connectivity index (χ3n) is 7.55. The van der Waals surface area contributed by atoms with E-state index in [0.29, 0.717) is 5.69 Å². The van der Waals surface area contributed by atoms with Crippen molar-refractivity contribution in [1.82, 2.24) is 0 Å². The highest BCUT2D eigenvalue weighted by Crippen LogP contribution is 2.42. The predicted octanol–water partition coefficient (Wildman–Crippen LogP) is 7.76. The van der Waals surface area contributed by atoms with Crippen LogP contribution in [0.4, 0.5) is 17.1 Å². The highest BCUT2D eigenvalue weighted by atomic mass is 16.4. The van der Waals surface area contributed by atoms with Gasteiger partial charge in [-0.3, -0.25) is 10.2 Å². The number of amides is 1. The Morgan fingerprint density at radius 2 is 1.50 bits per heavy atom. The van der Waals surface area contributed by atoms with Gasteiger partial charge in [0.15, 0.2) is 5.71 Å². The second-order valence-electron chi connectivity index (χ2n) is 10.3. The van der Waals surface area contributed by atoms with Crippen LogP contribution in [0.3, 0.4) is 0 Å². The van der Waals surface area contributed by atoms with E-state index in [1.807, 2.05) is 18.2 Å². The molecular weight excluding hydrogens is 522 g/mol. The molecule has 3 N–H and O–H groups in total. The molecule has 0 saturated carbocycles. The number of aryl methyl sites for hydroxylation is 1. The first-order valence-corrected chi connectivity index (χ1v) is 13.9. The number of carboxylic acid groups (broad SMARTS) is 1. The zero-order valence-electron chi connectivity index (χ0n) is 22.9. The number of rotatable bonds is 7. The van der Waals surface area contributed by atoms with E-state index >= 15 is 0 Å². The van der Waals surface area contributed by atoms with Crippen LogP contribution in [0, 0.1) is 5.41 Å². The average Bonchev–Trinajstić information content (AvgIpc) is 3.01. The van der Waals surface area contributed by atoms with Crippen LogP contribution in [0.1, 0.15) is 17.5 Å². The van der Waals surface area contributed by atoms with Gasteiger partial charge >= 0.3 is 5.97 Å². The molecule has 5 aromatic rings. The number of aliphatic carboxylic acids is 1. The largest absolute Gasteiger partial charge is 0.477 e. The number of fused-ring (bicyclic) bond motifs is 3. The van der Waals surface area contributed by atoms with Gasteiger partial charge in [-0.25, -0.2) is 4.79 Å². The van der Waals surface area contributed by atoms with Gasteiger partial charge in [-0.1, -0.05) is 84.9 Å². The summed E-state index contributed by atoms with van der Waals surface area (Å²) in [5, 5.41) is 24.9. The first-order chi connectivity index (χ1) is 20.5. The maximum atomic E-state index is 12.8. The Balaban J connectivity index is 1.33. The molecule has 1 heterocycles. The molecule has 0 aliphatic carbocycles. The fourth-order valence-electron chi connectivity index (χ4n) is 5.60. The molecule has 6 heteroatoms. The molecule has 206 valence electrons. The van der Waals surface area contributed by atoms with Crippen LogP contribution >= 0.6 is 0 Å². The molecule has 0 aromatic heterocycles. The summed E-state index contributed by atoms with van der Waals surface area (Å²) in [5.74, 6) is -2.12. The first-order valence-electron chi connectivity index (χ1n) is 13.9. The van der Waals surface area contributed by atoms with Crippen molar-refractivity contribution in [3.8, 4) is 0 Å². The van der Waals surface area contributed by atoms with Crippen molar-refractivity contribution in [2.45, 2.75) is 12.8 Å². The minimum Gasteiger partial charge on any atom is -0.477 e. The molecular formula is C36H29N3O3. The lowest BCUT2D eigenvalue weighted by Crippen LogP contribution is -2.25. The Morgan fingerprint density at radius 1 is 0.833 bits per heavy atom. The monoisotopic (exact) mass is 551 g/mol. The number of carbonyl (C=O) groups excluding carboxylic acids is 1. The molecule has 5 aromatic carbocycles. The number of carboxylic acids is 1. The Kier molecular flexibility index (Phi) is 7.35. The molecule has 0 unspecified atom stereocenters. The maximum Gasteiger partial charge on any atom is 0.354 e. The van der Waals surface area contributed by atoms with Gasteiger partial charge in [-0.2, -0.15) is 0 Å². The lowest BCUT2D eigenvalue weighted by molar-refractivity contribution is -0.129. The van der Waals surface area contributed by atoms with Crippen molar-refractivity contribution in [2.75, 3.05) is 16.8 Å². The number of benzene rings is 5. The van der Waals surface area contributed by atoms with Crippen molar-refractivity contribution >= 4 is 62.3 Å². The Labute approximate surface area is 243 Å². The SMILES string of the molecule is N=C(C(=O)O)/C(=C/C=C/c1ccc2c(c1)CCCN2c1c2ccccc2cc2ccccc12)C(=O)Nc1ccccc1. The van der Waals surface area contributed by atoms with Crippen molar-refractivity contribution < 1.29 is 14.7 Å². The minimum absolute atomic E-state index is 0.227. The van der Waals surface area contributed by atoms with E-state index in [-0.39, 0.29) is 5.57 Å². The van der Waals surface area contributed by atoms with E-state index in [1.54, 1.807) is 30.3 Å². The van der Waals surface area contributed by atoms with Gasteiger partial charge in [0.05, 0.1) is 11.3 Å². The molecule has 1 aliphatic heterocycles. The Bertz CT molecular complexity index is 1850. The smallest absolute Gasteiger partial charge is 0.354 e. The number of nitrogens with zero attached hydrogens (tertiary/aromatic N) is 1. The van der Waals surface area contributed by atoms with E-state index in [4.69, 9.17) is 5.41 Å². The quantitative estimate of drug-likeness (QED) is 0.0834. The van der Waals surface area contributed by atoms with E-state index in [2.05, 4.69) is 76.9 Å². The zero-order chi connectivity index (χ0) is 29.1. The molecule has 0 atom stereocenters. The molecule has 0 spiro atoms. The summed E-state index contributed by atoms with van der Waals surface area (Å²) in [7, 11) is 0. The fourth-order valence-corrected chi connectivity index (χ4v) is 5.60. The fraction of sp³-hybridized carbons (Fsp3) is 0.0833.